The van der Waals surface area contributed by atoms with Crippen LogP contribution in [0, 0.1) is 0 Å². The number of hydrogen-bond acceptors (Lipinski definition) is 4. The molecule has 0 aliphatic rings. The summed E-state index contributed by atoms with van der Waals surface area (Å²) in [5.74, 6) is 0.567. The van der Waals surface area contributed by atoms with Gasteiger partial charge in [0.25, 0.3) is 0 Å². The Kier molecular flexibility index (Phi) is 3.80. The molecule has 9 aromatic rings. The van der Waals surface area contributed by atoms with Crippen molar-refractivity contribution in [3.05, 3.63) is 145 Å². The molecular weight excluding hydrogens is 540 g/mol. The normalized spacial score (nSPS) is 14.5. The maximum absolute atomic E-state index is 9.15. The monoisotopic (exact) mass is 573 g/mol. The Labute approximate surface area is 265 Å². The van der Waals surface area contributed by atoms with E-state index in [-0.39, 0.29) is 57.1 Å². The Morgan fingerprint density at radius 3 is 2.16 bits per heavy atom. The van der Waals surface area contributed by atoms with E-state index in [2.05, 4.69) is 0 Å². The zero-order valence-electron chi connectivity index (χ0n) is 31.9. The van der Waals surface area contributed by atoms with Gasteiger partial charge in [0.05, 0.1) is 28.9 Å². The van der Waals surface area contributed by atoms with E-state index in [1.165, 1.54) is 4.57 Å². The Balaban J connectivity index is 1.44. The average Bonchev–Trinajstić information content (AvgIpc) is 3.75. The van der Waals surface area contributed by atoms with Crippen LogP contribution < -0.4 is 0 Å². The highest BCUT2D eigenvalue weighted by atomic mass is 16.3. The zero-order chi connectivity index (χ0) is 36.9. The molecule has 0 fully saturated rings. The van der Waals surface area contributed by atoms with Crippen molar-refractivity contribution in [2.75, 3.05) is 0 Å². The second kappa shape index (κ2) is 9.75. The number of furan rings is 1. The maximum atomic E-state index is 9.15. The number of nitrogens with zero attached hydrogens (tertiary/aromatic N) is 4. The third-order valence-electron chi connectivity index (χ3n) is 7.69. The predicted molar refractivity (Wildman–Crippen MR) is 178 cm³/mol. The molecule has 0 amide bonds. The summed E-state index contributed by atoms with van der Waals surface area (Å²) in [5.41, 5.74) is 2.93. The van der Waals surface area contributed by atoms with Gasteiger partial charge in [-0.05, 0) is 35.4 Å². The lowest BCUT2D eigenvalue weighted by Crippen LogP contribution is -2.06. The van der Waals surface area contributed by atoms with E-state index >= 15 is 0 Å². The van der Waals surface area contributed by atoms with Gasteiger partial charge in [0, 0.05) is 27.1 Å². The number of benzene rings is 6. The highest BCUT2D eigenvalue weighted by Crippen LogP contribution is 2.39. The molecule has 0 aliphatic carbocycles. The minimum Gasteiger partial charge on any atom is -0.455 e. The van der Waals surface area contributed by atoms with Gasteiger partial charge < -0.3 is 4.42 Å². The van der Waals surface area contributed by atoms with Gasteiger partial charge in [0.15, 0.2) is 11.6 Å². The van der Waals surface area contributed by atoms with E-state index in [1.807, 2.05) is 72.8 Å². The van der Waals surface area contributed by atoms with E-state index in [4.69, 9.17) is 31.7 Å². The molecule has 0 saturated heterocycles. The molecule has 0 bridgehead atoms. The van der Waals surface area contributed by atoms with E-state index < -0.39 is 42.3 Å². The summed E-state index contributed by atoms with van der Waals surface area (Å²) in [6.07, 6.45) is 0. The van der Waals surface area contributed by atoms with Crippen molar-refractivity contribution in [3.8, 4) is 39.9 Å². The third-order valence-corrected chi connectivity index (χ3v) is 7.69. The number of rotatable bonds is 4. The number of fused-ring (bicyclic) bond motifs is 6. The van der Waals surface area contributed by atoms with E-state index in [0.717, 1.165) is 10.8 Å². The minimum atomic E-state index is -0.550. The van der Waals surface area contributed by atoms with Crippen molar-refractivity contribution < 1.29 is 16.8 Å². The summed E-state index contributed by atoms with van der Waals surface area (Å²) >= 11 is 0. The smallest absolute Gasteiger partial charge is 0.238 e. The first-order valence-corrected chi connectivity index (χ1v) is 13.9. The van der Waals surface area contributed by atoms with Crippen molar-refractivity contribution in [1.82, 2.24) is 19.5 Å². The minimum absolute atomic E-state index is 0.0326. The molecule has 9 rings (SSSR count). The van der Waals surface area contributed by atoms with E-state index in [9.17, 15) is 0 Å². The SMILES string of the molecule is [2H]c1c([2H])c([2H])c(-c2cccc3c2c2c([2H])c([2H])c([2H])c([2H])c2n3-c2nc(-c3ccccc3)nc(-c3cccc4c3oc3ccccc34)n2)c([2H])c1[2H]. The van der Waals surface area contributed by atoms with Gasteiger partial charge in [0.2, 0.25) is 5.95 Å². The molecule has 0 unspecified atom stereocenters. The zero-order valence-corrected chi connectivity index (χ0v) is 22.9. The Bertz CT molecular complexity index is 2990. The summed E-state index contributed by atoms with van der Waals surface area (Å²) in [6, 6.07) is 23.3. The van der Waals surface area contributed by atoms with E-state index in [1.54, 1.807) is 18.2 Å². The summed E-state index contributed by atoms with van der Waals surface area (Å²) < 4.78 is 85.8. The van der Waals surface area contributed by atoms with E-state index in [0.29, 0.717) is 27.8 Å². The van der Waals surface area contributed by atoms with Crippen molar-refractivity contribution in [1.29, 1.82) is 0 Å². The summed E-state index contributed by atoms with van der Waals surface area (Å²) in [4.78, 5) is 14.8. The molecule has 0 saturated carbocycles. The highest BCUT2D eigenvalue weighted by Gasteiger charge is 2.21. The first kappa shape index (κ1) is 17.1. The summed E-state index contributed by atoms with van der Waals surface area (Å²) in [6.45, 7) is 0. The van der Waals surface area contributed by atoms with Crippen molar-refractivity contribution in [2.24, 2.45) is 0 Å². The molecule has 5 nitrogen and oxygen atoms in total. The van der Waals surface area contributed by atoms with Crippen molar-refractivity contribution in [3.63, 3.8) is 0 Å². The Hall–Kier alpha value is -6.07. The van der Waals surface area contributed by atoms with Crippen LogP contribution in [0.3, 0.4) is 0 Å². The Morgan fingerprint density at radius 1 is 0.523 bits per heavy atom. The van der Waals surface area contributed by atoms with Gasteiger partial charge in [-0.2, -0.15) is 9.97 Å². The van der Waals surface area contributed by atoms with Gasteiger partial charge >= 0.3 is 0 Å². The van der Waals surface area contributed by atoms with Crippen LogP contribution in [0.4, 0.5) is 0 Å². The van der Waals surface area contributed by atoms with Crippen LogP contribution in [0.1, 0.15) is 12.3 Å². The molecule has 44 heavy (non-hydrogen) atoms. The van der Waals surface area contributed by atoms with Gasteiger partial charge in [-0.3, -0.25) is 4.57 Å². The third kappa shape index (κ3) is 3.76. The fraction of sp³-hybridized carbons (Fsp3) is 0. The average molecular weight is 574 g/mol. The van der Waals surface area contributed by atoms with Crippen LogP contribution in [-0.4, -0.2) is 19.5 Å². The van der Waals surface area contributed by atoms with Crippen LogP contribution in [0.5, 0.6) is 0 Å². The van der Waals surface area contributed by atoms with Crippen LogP contribution >= 0.6 is 0 Å². The second-order valence-corrected chi connectivity index (χ2v) is 10.2. The van der Waals surface area contributed by atoms with Gasteiger partial charge in [-0.15, -0.1) is 0 Å². The molecule has 0 radical (unpaired) electrons. The quantitative estimate of drug-likeness (QED) is 0.210. The number of para-hydroxylation sites is 3. The molecule has 5 heteroatoms. The molecule has 206 valence electrons. The standard InChI is InChI=1S/C39H24N4O/c1-3-13-25(14-4-1)27-19-12-23-33-35(27)30-18-7-9-22-32(30)43(33)39-41-37(26-15-5-2-6-16-26)40-38(42-39)31-21-11-20-29-28-17-8-10-24-34(28)44-36(29)31/h1-24H/i1D,3D,4D,7D,9D,13D,14D,18D,22D. The first-order valence-electron chi connectivity index (χ1n) is 18.4. The predicted octanol–water partition coefficient (Wildman–Crippen LogP) is 9.87. The van der Waals surface area contributed by atoms with Crippen LogP contribution in [-0.2, 0) is 0 Å². The van der Waals surface area contributed by atoms with Crippen LogP contribution in [0.15, 0.2) is 150 Å². The molecule has 0 aliphatic heterocycles. The summed E-state index contributed by atoms with van der Waals surface area (Å²) in [7, 11) is 0. The van der Waals surface area contributed by atoms with Crippen molar-refractivity contribution in [2.45, 2.75) is 0 Å². The molecule has 3 aromatic heterocycles. The molecule has 0 N–H and O–H groups in total. The highest BCUT2D eigenvalue weighted by molar-refractivity contribution is 6.15. The molecule has 6 aromatic carbocycles. The lowest BCUT2D eigenvalue weighted by atomic mass is 9.99. The molecule has 0 spiro atoms. The fourth-order valence-electron chi connectivity index (χ4n) is 5.79. The van der Waals surface area contributed by atoms with Crippen LogP contribution in [0.2, 0.25) is 0 Å². The van der Waals surface area contributed by atoms with Gasteiger partial charge in [-0.25, -0.2) is 4.98 Å². The van der Waals surface area contributed by atoms with Crippen molar-refractivity contribution >= 4 is 43.7 Å². The fourth-order valence-corrected chi connectivity index (χ4v) is 5.79. The summed E-state index contributed by atoms with van der Waals surface area (Å²) in [5, 5.41) is 2.10. The first-order chi connectivity index (χ1) is 25.6. The molecule has 3 heterocycles. The molecule has 0 atom stereocenters. The lowest BCUT2D eigenvalue weighted by molar-refractivity contribution is 0.669. The second-order valence-electron chi connectivity index (χ2n) is 10.2. The maximum Gasteiger partial charge on any atom is 0.238 e. The van der Waals surface area contributed by atoms with Gasteiger partial charge in [0.1, 0.15) is 11.2 Å². The topological polar surface area (TPSA) is 56.7 Å². The van der Waals surface area contributed by atoms with Gasteiger partial charge in [-0.1, -0.05) is 121 Å². The Morgan fingerprint density at radius 2 is 1.25 bits per heavy atom. The largest absolute Gasteiger partial charge is 0.455 e. The number of hydrogen-bond donors (Lipinski definition) is 0. The van der Waals surface area contributed by atoms with Crippen LogP contribution in [0.25, 0.3) is 83.6 Å². The number of aromatic nitrogens is 4. The lowest BCUT2D eigenvalue weighted by Gasteiger charge is -2.11. The molecular formula is C39H24N4O.